The van der Waals surface area contributed by atoms with Crippen LogP contribution in [-0.4, -0.2) is 11.9 Å². The molecule has 0 fully saturated rings. The Morgan fingerprint density at radius 1 is 1.16 bits per heavy atom. The zero-order chi connectivity index (χ0) is 14.1. The quantitative estimate of drug-likeness (QED) is 0.613. The summed E-state index contributed by atoms with van der Waals surface area (Å²) in [5, 5.41) is 2.93. The standard InChI is InChI=1S/C17H23NO/c1-14(2)15(3)18-17(19)13-9-5-8-12-16-10-6-4-7-11-16/h4-11,13-15H,12H2,1-3H3,(H,18,19)/b8-5+,13-9+. The van der Waals surface area contributed by atoms with Crippen molar-refractivity contribution in [2.75, 3.05) is 0 Å². The lowest BCUT2D eigenvalue weighted by molar-refractivity contribution is -0.117. The summed E-state index contributed by atoms with van der Waals surface area (Å²) in [6.45, 7) is 6.20. The monoisotopic (exact) mass is 257 g/mol. The highest BCUT2D eigenvalue weighted by molar-refractivity contribution is 5.87. The van der Waals surface area contributed by atoms with Gasteiger partial charge in [0.1, 0.15) is 0 Å². The van der Waals surface area contributed by atoms with E-state index >= 15 is 0 Å². The zero-order valence-corrected chi connectivity index (χ0v) is 12.0. The maximum atomic E-state index is 11.6. The highest BCUT2D eigenvalue weighted by atomic mass is 16.1. The van der Waals surface area contributed by atoms with Gasteiger partial charge in [-0.05, 0) is 24.8 Å². The molecule has 1 aromatic rings. The summed E-state index contributed by atoms with van der Waals surface area (Å²) in [5.41, 5.74) is 1.27. The van der Waals surface area contributed by atoms with E-state index in [4.69, 9.17) is 0 Å². The van der Waals surface area contributed by atoms with Crippen molar-refractivity contribution in [3.05, 3.63) is 60.2 Å². The Balaban J connectivity index is 2.31. The zero-order valence-electron chi connectivity index (χ0n) is 12.0. The largest absolute Gasteiger partial charge is 0.350 e. The second kappa shape index (κ2) is 8.30. The lowest BCUT2D eigenvalue weighted by Crippen LogP contribution is -2.34. The van der Waals surface area contributed by atoms with E-state index in [9.17, 15) is 4.79 Å². The van der Waals surface area contributed by atoms with Crippen molar-refractivity contribution in [3.8, 4) is 0 Å². The van der Waals surface area contributed by atoms with Crippen LogP contribution in [0.4, 0.5) is 0 Å². The van der Waals surface area contributed by atoms with E-state index in [-0.39, 0.29) is 11.9 Å². The minimum absolute atomic E-state index is 0.0365. The van der Waals surface area contributed by atoms with Crippen molar-refractivity contribution in [1.82, 2.24) is 5.32 Å². The summed E-state index contributed by atoms with van der Waals surface area (Å²) in [6, 6.07) is 10.4. The summed E-state index contributed by atoms with van der Waals surface area (Å²) in [6.07, 6.45) is 8.19. The number of carbonyl (C=O) groups excluding carboxylic acids is 1. The van der Waals surface area contributed by atoms with E-state index in [2.05, 4.69) is 31.3 Å². The molecule has 0 spiro atoms. The number of rotatable bonds is 6. The molecule has 1 unspecified atom stereocenters. The molecule has 0 radical (unpaired) electrons. The summed E-state index contributed by atoms with van der Waals surface area (Å²) >= 11 is 0. The number of hydrogen-bond donors (Lipinski definition) is 1. The topological polar surface area (TPSA) is 29.1 Å². The SMILES string of the molecule is CC(C)C(C)NC(=O)/C=C/C=C/Cc1ccccc1. The fourth-order valence-corrected chi connectivity index (χ4v) is 1.48. The van der Waals surface area contributed by atoms with E-state index in [1.807, 2.05) is 37.3 Å². The molecule has 0 saturated carbocycles. The molecule has 2 heteroatoms. The first-order chi connectivity index (χ1) is 9.09. The van der Waals surface area contributed by atoms with Gasteiger partial charge in [-0.25, -0.2) is 0 Å². The number of amides is 1. The van der Waals surface area contributed by atoms with Gasteiger partial charge in [0, 0.05) is 12.1 Å². The Hall–Kier alpha value is -1.83. The first-order valence-corrected chi connectivity index (χ1v) is 6.77. The molecule has 0 heterocycles. The van der Waals surface area contributed by atoms with Crippen molar-refractivity contribution in [1.29, 1.82) is 0 Å². The van der Waals surface area contributed by atoms with Crippen LogP contribution in [0.2, 0.25) is 0 Å². The lowest BCUT2D eigenvalue weighted by atomic mass is 10.1. The van der Waals surface area contributed by atoms with Gasteiger partial charge in [0.05, 0.1) is 0 Å². The maximum absolute atomic E-state index is 11.6. The minimum atomic E-state index is -0.0365. The molecule has 1 amide bonds. The lowest BCUT2D eigenvalue weighted by Gasteiger charge is -2.15. The Bertz CT molecular complexity index is 432. The molecular formula is C17H23NO. The molecule has 0 aliphatic rings. The van der Waals surface area contributed by atoms with E-state index in [0.717, 1.165) is 6.42 Å². The normalized spacial score (nSPS) is 13.3. The average Bonchev–Trinajstić information content (AvgIpc) is 2.39. The molecule has 1 atom stereocenters. The predicted octanol–water partition coefficient (Wildman–Crippen LogP) is 3.50. The van der Waals surface area contributed by atoms with Gasteiger partial charge in [-0.3, -0.25) is 4.79 Å². The highest BCUT2D eigenvalue weighted by Gasteiger charge is 2.07. The van der Waals surface area contributed by atoms with E-state index < -0.39 is 0 Å². The molecule has 0 aromatic heterocycles. The molecule has 0 aliphatic carbocycles. The number of hydrogen-bond acceptors (Lipinski definition) is 1. The highest BCUT2D eigenvalue weighted by Crippen LogP contribution is 2.01. The summed E-state index contributed by atoms with van der Waals surface area (Å²) in [5.74, 6) is 0.413. The summed E-state index contributed by atoms with van der Waals surface area (Å²) < 4.78 is 0. The van der Waals surface area contributed by atoms with Crippen LogP contribution < -0.4 is 5.32 Å². The second-order valence-electron chi connectivity index (χ2n) is 5.02. The van der Waals surface area contributed by atoms with Crippen LogP contribution in [0.5, 0.6) is 0 Å². The number of nitrogens with one attached hydrogen (secondary N) is 1. The van der Waals surface area contributed by atoms with Gasteiger partial charge in [0.2, 0.25) is 5.91 Å². The third kappa shape index (κ3) is 6.61. The Labute approximate surface area is 116 Å². The fourth-order valence-electron chi connectivity index (χ4n) is 1.48. The van der Waals surface area contributed by atoms with Crippen molar-refractivity contribution in [2.45, 2.75) is 33.2 Å². The molecule has 1 N–H and O–H groups in total. The predicted molar refractivity (Wildman–Crippen MR) is 80.9 cm³/mol. The van der Waals surface area contributed by atoms with Gasteiger partial charge in [-0.15, -0.1) is 0 Å². The number of carbonyl (C=O) groups is 1. The average molecular weight is 257 g/mol. The van der Waals surface area contributed by atoms with Gasteiger partial charge >= 0.3 is 0 Å². The van der Waals surface area contributed by atoms with Crippen molar-refractivity contribution >= 4 is 5.91 Å². The summed E-state index contributed by atoms with van der Waals surface area (Å²) in [7, 11) is 0. The van der Waals surface area contributed by atoms with E-state index in [1.54, 1.807) is 12.2 Å². The van der Waals surface area contributed by atoms with Crippen molar-refractivity contribution in [3.63, 3.8) is 0 Å². The third-order valence-corrected chi connectivity index (χ3v) is 3.06. The first-order valence-electron chi connectivity index (χ1n) is 6.77. The minimum Gasteiger partial charge on any atom is -0.350 e. The van der Waals surface area contributed by atoms with Gasteiger partial charge in [-0.1, -0.05) is 62.4 Å². The molecule has 2 nitrogen and oxygen atoms in total. The maximum Gasteiger partial charge on any atom is 0.244 e. The molecule has 102 valence electrons. The second-order valence-corrected chi connectivity index (χ2v) is 5.02. The van der Waals surface area contributed by atoms with Crippen LogP contribution in [0, 0.1) is 5.92 Å². The molecule has 1 rings (SSSR count). The fraction of sp³-hybridized carbons (Fsp3) is 0.353. The first kappa shape index (κ1) is 15.2. The Kier molecular flexibility index (Phi) is 6.65. The Morgan fingerprint density at radius 3 is 2.47 bits per heavy atom. The van der Waals surface area contributed by atoms with E-state index in [1.165, 1.54) is 5.56 Å². The van der Waals surface area contributed by atoms with Crippen molar-refractivity contribution < 1.29 is 4.79 Å². The van der Waals surface area contributed by atoms with Crippen LogP contribution in [-0.2, 0) is 11.2 Å². The molecule has 0 saturated heterocycles. The van der Waals surface area contributed by atoms with E-state index in [0.29, 0.717) is 5.92 Å². The molecule has 19 heavy (non-hydrogen) atoms. The molecular weight excluding hydrogens is 234 g/mol. The third-order valence-electron chi connectivity index (χ3n) is 3.06. The van der Waals surface area contributed by atoms with Gasteiger partial charge in [0.15, 0.2) is 0 Å². The Morgan fingerprint density at radius 2 is 1.84 bits per heavy atom. The number of benzene rings is 1. The van der Waals surface area contributed by atoms with Gasteiger partial charge in [0.25, 0.3) is 0 Å². The van der Waals surface area contributed by atoms with Crippen LogP contribution in [0.3, 0.4) is 0 Å². The van der Waals surface area contributed by atoms with Crippen LogP contribution in [0.1, 0.15) is 26.3 Å². The van der Waals surface area contributed by atoms with Gasteiger partial charge < -0.3 is 5.32 Å². The smallest absolute Gasteiger partial charge is 0.244 e. The van der Waals surface area contributed by atoms with Crippen LogP contribution in [0.25, 0.3) is 0 Å². The van der Waals surface area contributed by atoms with Crippen LogP contribution in [0.15, 0.2) is 54.6 Å². The van der Waals surface area contributed by atoms with Gasteiger partial charge in [-0.2, -0.15) is 0 Å². The number of allylic oxidation sites excluding steroid dienone is 3. The van der Waals surface area contributed by atoms with Crippen LogP contribution >= 0.6 is 0 Å². The molecule has 0 bridgehead atoms. The molecule has 0 aliphatic heterocycles. The molecule has 1 aromatic carbocycles. The summed E-state index contributed by atoms with van der Waals surface area (Å²) in [4.78, 5) is 11.6. The van der Waals surface area contributed by atoms with Crippen molar-refractivity contribution in [2.24, 2.45) is 5.92 Å².